The minimum absolute atomic E-state index is 0.861. The van der Waals surface area contributed by atoms with Crippen molar-refractivity contribution in [3.63, 3.8) is 0 Å². The molecule has 0 unspecified atom stereocenters. The van der Waals surface area contributed by atoms with Crippen LogP contribution in [0.5, 0.6) is 0 Å². The summed E-state index contributed by atoms with van der Waals surface area (Å²) in [5.74, 6) is 0.905. The number of likely N-dealkylation sites (tertiary alicyclic amines) is 1. The third kappa shape index (κ3) is 4.43. The van der Waals surface area contributed by atoms with Gasteiger partial charge in [0, 0.05) is 13.2 Å². The number of hydrogen-bond acceptors (Lipinski definition) is 2. The van der Waals surface area contributed by atoms with Crippen LogP contribution < -0.4 is 0 Å². The topological polar surface area (TPSA) is 12.5 Å². The fraction of sp³-hybridized carbons (Fsp3) is 0.917. The van der Waals surface area contributed by atoms with E-state index < -0.39 is 0 Å². The number of hydrogen-bond donors (Lipinski definition) is 0. The van der Waals surface area contributed by atoms with Crippen LogP contribution in [0.15, 0.2) is 0 Å². The lowest BCUT2D eigenvalue weighted by atomic mass is 9.94. The predicted octanol–water partition coefficient (Wildman–Crippen LogP) is 2.35. The first-order valence-electron chi connectivity index (χ1n) is 5.96. The zero-order chi connectivity index (χ0) is 10.2. The molecule has 0 aromatic carbocycles. The Kier molecular flexibility index (Phi) is 6.20. The summed E-state index contributed by atoms with van der Waals surface area (Å²) in [6, 6.07) is 0. The molecule has 2 heteroatoms. The van der Waals surface area contributed by atoms with E-state index in [1.165, 1.54) is 38.9 Å². The quantitative estimate of drug-likeness (QED) is 0.607. The monoisotopic (exact) mass is 198 g/mol. The molecule has 1 radical (unpaired) electrons. The van der Waals surface area contributed by atoms with Gasteiger partial charge in [0.25, 0.3) is 0 Å². The number of rotatable bonds is 6. The number of piperidine rings is 1. The molecule has 1 fully saturated rings. The van der Waals surface area contributed by atoms with Gasteiger partial charge in [-0.15, -0.1) is 0 Å². The molecule has 83 valence electrons. The van der Waals surface area contributed by atoms with Crippen LogP contribution >= 0.6 is 0 Å². The molecule has 0 spiro atoms. The predicted molar refractivity (Wildman–Crippen MR) is 60.2 cm³/mol. The van der Waals surface area contributed by atoms with Crippen molar-refractivity contribution in [3.05, 3.63) is 6.92 Å². The molecule has 1 aliphatic heterocycles. The maximum Gasteiger partial charge on any atom is 0.0468 e. The van der Waals surface area contributed by atoms with E-state index in [2.05, 4.69) is 18.7 Å². The highest BCUT2D eigenvalue weighted by molar-refractivity contribution is 4.72. The van der Waals surface area contributed by atoms with Gasteiger partial charge in [0.1, 0.15) is 0 Å². The molecule has 1 rings (SSSR count). The van der Waals surface area contributed by atoms with Crippen LogP contribution in [-0.2, 0) is 4.74 Å². The lowest BCUT2D eigenvalue weighted by Gasteiger charge is -2.31. The molecule has 0 N–H and O–H groups in total. The van der Waals surface area contributed by atoms with Crippen LogP contribution in [0, 0.1) is 12.8 Å². The molecule has 0 atom stereocenters. The summed E-state index contributed by atoms with van der Waals surface area (Å²) in [5.41, 5.74) is 0. The lowest BCUT2D eigenvalue weighted by molar-refractivity contribution is 0.110. The summed E-state index contributed by atoms with van der Waals surface area (Å²) in [4.78, 5) is 2.53. The second-order valence-electron chi connectivity index (χ2n) is 4.12. The molecular formula is C12H24NO. The van der Waals surface area contributed by atoms with Crippen LogP contribution in [0.3, 0.4) is 0 Å². The van der Waals surface area contributed by atoms with E-state index >= 15 is 0 Å². The summed E-state index contributed by atoms with van der Waals surface area (Å²) in [7, 11) is 0. The number of nitrogens with zero attached hydrogens (tertiary/aromatic N) is 1. The first kappa shape index (κ1) is 12.0. The molecular weight excluding hydrogens is 174 g/mol. The fourth-order valence-corrected chi connectivity index (χ4v) is 2.12. The molecule has 0 amide bonds. The SMILES string of the molecule is [CH2]CCN1CCC(CCOCC)CC1. The lowest BCUT2D eigenvalue weighted by Crippen LogP contribution is -2.34. The van der Waals surface area contributed by atoms with E-state index in [-0.39, 0.29) is 0 Å². The minimum Gasteiger partial charge on any atom is -0.382 e. The second-order valence-corrected chi connectivity index (χ2v) is 4.12. The van der Waals surface area contributed by atoms with Crippen LogP contribution in [-0.4, -0.2) is 37.7 Å². The van der Waals surface area contributed by atoms with Crippen molar-refractivity contribution in [2.45, 2.75) is 32.6 Å². The van der Waals surface area contributed by atoms with Gasteiger partial charge in [-0.1, -0.05) is 6.92 Å². The van der Waals surface area contributed by atoms with E-state index in [4.69, 9.17) is 4.74 Å². The van der Waals surface area contributed by atoms with E-state index in [1.54, 1.807) is 0 Å². The summed E-state index contributed by atoms with van der Waals surface area (Å²) < 4.78 is 5.39. The normalized spacial score (nSPS) is 20.1. The highest BCUT2D eigenvalue weighted by Gasteiger charge is 2.17. The van der Waals surface area contributed by atoms with Crippen molar-refractivity contribution >= 4 is 0 Å². The van der Waals surface area contributed by atoms with E-state index in [0.29, 0.717) is 0 Å². The third-order valence-electron chi connectivity index (χ3n) is 3.06. The van der Waals surface area contributed by atoms with Gasteiger partial charge in [-0.2, -0.15) is 0 Å². The van der Waals surface area contributed by atoms with Crippen LogP contribution in [0.4, 0.5) is 0 Å². The molecule has 2 nitrogen and oxygen atoms in total. The van der Waals surface area contributed by atoms with E-state index in [0.717, 1.165) is 25.6 Å². The highest BCUT2D eigenvalue weighted by atomic mass is 16.5. The van der Waals surface area contributed by atoms with Gasteiger partial charge in [0.2, 0.25) is 0 Å². The molecule has 0 aromatic rings. The average molecular weight is 198 g/mol. The zero-order valence-electron chi connectivity index (χ0n) is 9.50. The van der Waals surface area contributed by atoms with Gasteiger partial charge < -0.3 is 9.64 Å². The summed E-state index contributed by atoms with van der Waals surface area (Å²) in [6.07, 6.45) is 5.01. The molecule has 0 bridgehead atoms. The molecule has 1 aliphatic rings. The second kappa shape index (κ2) is 7.24. The van der Waals surface area contributed by atoms with Crippen molar-refractivity contribution in [2.24, 2.45) is 5.92 Å². The van der Waals surface area contributed by atoms with Crippen LogP contribution in [0.2, 0.25) is 0 Å². The van der Waals surface area contributed by atoms with Crippen LogP contribution in [0.25, 0.3) is 0 Å². The molecule has 1 saturated heterocycles. The zero-order valence-corrected chi connectivity index (χ0v) is 9.50. The smallest absolute Gasteiger partial charge is 0.0468 e. The minimum atomic E-state index is 0.861. The highest BCUT2D eigenvalue weighted by Crippen LogP contribution is 2.20. The maximum atomic E-state index is 5.39. The van der Waals surface area contributed by atoms with Gasteiger partial charge in [-0.05, 0) is 58.2 Å². The Morgan fingerprint density at radius 2 is 2.07 bits per heavy atom. The Bertz CT molecular complexity index is 130. The van der Waals surface area contributed by atoms with Crippen molar-refractivity contribution in [1.29, 1.82) is 0 Å². The summed E-state index contributed by atoms with van der Waals surface area (Å²) in [5, 5.41) is 0. The van der Waals surface area contributed by atoms with Crippen LogP contribution in [0.1, 0.15) is 32.6 Å². The van der Waals surface area contributed by atoms with Crippen molar-refractivity contribution in [2.75, 3.05) is 32.8 Å². The van der Waals surface area contributed by atoms with Gasteiger partial charge in [-0.25, -0.2) is 0 Å². The third-order valence-corrected chi connectivity index (χ3v) is 3.06. The first-order valence-corrected chi connectivity index (χ1v) is 5.96. The van der Waals surface area contributed by atoms with Gasteiger partial charge >= 0.3 is 0 Å². The summed E-state index contributed by atoms with van der Waals surface area (Å²) in [6.45, 7) is 11.5. The van der Waals surface area contributed by atoms with Crippen molar-refractivity contribution < 1.29 is 4.74 Å². The van der Waals surface area contributed by atoms with Gasteiger partial charge in [0.15, 0.2) is 0 Å². The molecule has 0 saturated carbocycles. The first-order chi connectivity index (χ1) is 6.86. The Hall–Kier alpha value is -0.0800. The molecule has 0 aromatic heterocycles. The Morgan fingerprint density at radius 1 is 1.36 bits per heavy atom. The fourth-order valence-electron chi connectivity index (χ4n) is 2.12. The molecule has 0 aliphatic carbocycles. The Balaban J connectivity index is 2.03. The van der Waals surface area contributed by atoms with Crippen molar-refractivity contribution in [3.8, 4) is 0 Å². The van der Waals surface area contributed by atoms with Crippen molar-refractivity contribution in [1.82, 2.24) is 4.90 Å². The number of ether oxygens (including phenoxy) is 1. The maximum absolute atomic E-state index is 5.39. The Morgan fingerprint density at radius 3 is 2.64 bits per heavy atom. The van der Waals surface area contributed by atoms with Gasteiger partial charge in [0.05, 0.1) is 0 Å². The average Bonchev–Trinajstić information content (AvgIpc) is 2.21. The largest absolute Gasteiger partial charge is 0.382 e. The summed E-state index contributed by atoms with van der Waals surface area (Å²) >= 11 is 0. The van der Waals surface area contributed by atoms with E-state index in [1.807, 2.05) is 0 Å². The Labute approximate surface area is 88.6 Å². The standard InChI is InChI=1S/C12H24NO/c1-3-8-13-9-5-12(6-10-13)7-11-14-4-2/h12H,1,3-11H2,2H3. The molecule has 1 heterocycles. The van der Waals surface area contributed by atoms with Gasteiger partial charge in [-0.3, -0.25) is 0 Å². The van der Waals surface area contributed by atoms with E-state index in [9.17, 15) is 0 Å². The molecule has 14 heavy (non-hydrogen) atoms.